The first kappa shape index (κ1) is 12.8. The SMILES string of the molecule is CN1CCN(S(=O)(=O)c2ccccc2Cl)CC1. The Balaban J connectivity index is 2.28. The Hall–Kier alpha value is -0.620. The van der Waals surface area contributed by atoms with Crippen LogP contribution >= 0.6 is 11.6 Å². The molecule has 0 amide bonds. The van der Waals surface area contributed by atoms with Gasteiger partial charge in [0.2, 0.25) is 10.0 Å². The Morgan fingerprint density at radius 2 is 1.71 bits per heavy atom. The molecule has 0 spiro atoms. The molecule has 2 rings (SSSR count). The molecule has 0 unspecified atom stereocenters. The predicted octanol–water partition coefficient (Wildman–Crippen LogP) is 1.28. The molecule has 6 heteroatoms. The zero-order chi connectivity index (χ0) is 12.5. The Morgan fingerprint density at radius 1 is 1.12 bits per heavy atom. The fraction of sp³-hybridized carbons (Fsp3) is 0.455. The number of rotatable bonds is 2. The summed E-state index contributed by atoms with van der Waals surface area (Å²) in [6.07, 6.45) is 0. The molecule has 1 heterocycles. The number of sulfonamides is 1. The standard InChI is InChI=1S/C11H15ClN2O2S/c1-13-6-8-14(9-7-13)17(15,16)11-5-3-2-4-10(11)12/h2-5H,6-9H2,1H3. The molecule has 17 heavy (non-hydrogen) atoms. The maximum absolute atomic E-state index is 12.3. The summed E-state index contributed by atoms with van der Waals surface area (Å²) < 4.78 is 26.2. The first-order valence-corrected chi connectivity index (χ1v) is 7.27. The van der Waals surface area contributed by atoms with E-state index in [2.05, 4.69) is 4.90 Å². The van der Waals surface area contributed by atoms with E-state index < -0.39 is 10.0 Å². The van der Waals surface area contributed by atoms with Gasteiger partial charge in [0.15, 0.2) is 0 Å². The van der Waals surface area contributed by atoms with Crippen molar-refractivity contribution in [2.24, 2.45) is 0 Å². The maximum Gasteiger partial charge on any atom is 0.244 e. The molecule has 94 valence electrons. The predicted molar refractivity (Wildman–Crippen MR) is 67.7 cm³/mol. The number of nitrogens with zero attached hydrogens (tertiary/aromatic N) is 2. The van der Waals surface area contributed by atoms with E-state index in [0.29, 0.717) is 13.1 Å². The smallest absolute Gasteiger partial charge is 0.244 e. The third kappa shape index (κ3) is 2.63. The van der Waals surface area contributed by atoms with Gasteiger partial charge in [-0.25, -0.2) is 8.42 Å². The van der Waals surface area contributed by atoms with E-state index in [1.807, 2.05) is 7.05 Å². The van der Waals surface area contributed by atoms with E-state index >= 15 is 0 Å². The van der Waals surface area contributed by atoms with Crippen molar-refractivity contribution in [2.75, 3.05) is 33.2 Å². The van der Waals surface area contributed by atoms with Crippen LogP contribution in [0.2, 0.25) is 5.02 Å². The molecule has 0 N–H and O–H groups in total. The van der Waals surface area contributed by atoms with Crippen LogP contribution in [0.5, 0.6) is 0 Å². The zero-order valence-electron chi connectivity index (χ0n) is 9.63. The van der Waals surface area contributed by atoms with Gasteiger partial charge in [0, 0.05) is 26.2 Å². The molecule has 0 bridgehead atoms. The minimum absolute atomic E-state index is 0.200. The lowest BCUT2D eigenvalue weighted by Gasteiger charge is -2.31. The van der Waals surface area contributed by atoms with Crippen molar-refractivity contribution in [1.29, 1.82) is 0 Å². The molecule has 1 aliphatic heterocycles. The van der Waals surface area contributed by atoms with Gasteiger partial charge in [-0.05, 0) is 19.2 Å². The summed E-state index contributed by atoms with van der Waals surface area (Å²) in [5, 5.41) is 0.284. The number of hydrogen-bond donors (Lipinski definition) is 0. The van der Waals surface area contributed by atoms with Crippen LogP contribution in [-0.4, -0.2) is 50.8 Å². The second kappa shape index (κ2) is 4.94. The fourth-order valence-electron chi connectivity index (χ4n) is 1.82. The third-order valence-corrected chi connectivity index (χ3v) is 5.32. The summed E-state index contributed by atoms with van der Waals surface area (Å²) >= 11 is 5.94. The quantitative estimate of drug-likeness (QED) is 0.816. The lowest BCUT2D eigenvalue weighted by atomic mass is 10.4. The van der Waals surface area contributed by atoms with Crippen LogP contribution in [0.25, 0.3) is 0 Å². The highest BCUT2D eigenvalue weighted by atomic mass is 35.5. The van der Waals surface area contributed by atoms with Crippen LogP contribution in [0.15, 0.2) is 29.2 Å². The van der Waals surface area contributed by atoms with Crippen molar-refractivity contribution in [2.45, 2.75) is 4.90 Å². The van der Waals surface area contributed by atoms with Crippen molar-refractivity contribution in [3.63, 3.8) is 0 Å². The molecule has 0 aliphatic carbocycles. The van der Waals surface area contributed by atoms with Crippen molar-refractivity contribution in [1.82, 2.24) is 9.21 Å². The molecular formula is C11H15ClN2O2S. The minimum Gasteiger partial charge on any atom is -0.304 e. The number of piperazine rings is 1. The minimum atomic E-state index is -3.44. The highest BCUT2D eigenvalue weighted by molar-refractivity contribution is 7.89. The van der Waals surface area contributed by atoms with Crippen LogP contribution in [0, 0.1) is 0 Å². The first-order chi connectivity index (χ1) is 8.01. The number of benzene rings is 1. The molecule has 1 saturated heterocycles. The van der Waals surface area contributed by atoms with E-state index in [4.69, 9.17) is 11.6 Å². The third-order valence-electron chi connectivity index (χ3n) is 2.92. The molecule has 0 atom stereocenters. The summed E-state index contributed by atoms with van der Waals surface area (Å²) in [5.41, 5.74) is 0. The molecule has 1 aliphatic rings. The maximum atomic E-state index is 12.3. The van der Waals surface area contributed by atoms with Crippen LogP contribution in [-0.2, 0) is 10.0 Å². The summed E-state index contributed by atoms with van der Waals surface area (Å²) in [7, 11) is -1.46. The Morgan fingerprint density at radius 3 is 2.29 bits per heavy atom. The van der Waals surface area contributed by atoms with Gasteiger partial charge < -0.3 is 4.90 Å². The summed E-state index contributed by atoms with van der Waals surface area (Å²) in [6.45, 7) is 2.54. The van der Waals surface area contributed by atoms with Crippen LogP contribution < -0.4 is 0 Å². The Labute approximate surface area is 107 Å². The van der Waals surface area contributed by atoms with Gasteiger partial charge >= 0.3 is 0 Å². The molecule has 0 radical (unpaired) electrons. The molecule has 0 aromatic heterocycles. The molecule has 1 fully saturated rings. The van der Waals surface area contributed by atoms with Crippen molar-refractivity contribution in [3.05, 3.63) is 29.3 Å². The number of halogens is 1. The van der Waals surface area contributed by atoms with E-state index in [9.17, 15) is 8.42 Å². The lowest BCUT2D eigenvalue weighted by Crippen LogP contribution is -2.47. The van der Waals surface area contributed by atoms with Gasteiger partial charge in [0.05, 0.1) is 5.02 Å². The van der Waals surface area contributed by atoms with Crippen LogP contribution in [0.4, 0.5) is 0 Å². The van der Waals surface area contributed by atoms with Crippen molar-refractivity contribution >= 4 is 21.6 Å². The van der Waals surface area contributed by atoms with E-state index in [1.165, 1.54) is 4.31 Å². The van der Waals surface area contributed by atoms with Gasteiger partial charge in [-0.3, -0.25) is 0 Å². The largest absolute Gasteiger partial charge is 0.304 e. The highest BCUT2D eigenvalue weighted by Crippen LogP contribution is 2.24. The van der Waals surface area contributed by atoms with Gasteiger partial charge in [-0.15, -0.1) is 0 Å². The van der Waals surface area contributed by atoms with Crippen LogP contribution in [0.3, 0.4) is 0 Å². The summed E-state index contributed by atoms with van der Waals surface area (Å²) in [5.74, 6) is 0. The highest BCUT2D eigenvalue weighted by Gasteiger charge is 2.28. The zero-order valence-corrected chi connectivity index (χ0v) is 11.2. The van der Waals surface area contributed by atoms with Crippen molar-refractivity contribution < 1.29 is 8.42 Å². The molecule has 0 saturated carbocycles. The second-order valence-electron chi connectivity index (χ2n) is 4.14. The van der Waals surface area contributed by atoms with Crippen LogP contribution in [0.1, 0.15) is 0 Å². The van der Waals surface area contributed by atoms with Gasteiger partial charge in [0.1, 0.15) is 4.90 Å². The number of likely N-dealkylation sites (N-methyl/N-ethyl adjacent to an activating group) is 1. The second-order valence-corrected chi connectivity index (χ2v) is 6.45. The first-order valence-electron chi connectivity index (χ1n) is 5.45. The molecule has 1 aromatic rings. The fourth-order valence-corrected chi connectivity index (χ4v) is 3.74. The topological polar surface area (TPSA) is 40.6 Å². The van der Waals surface area contributed by atoms with Gasteiger partial charge in [-0.2, -0.15) is 4.31 Å². The monoisotopic (exact) mass is 274 g/mol. The Bertz CT molecular complexity index is 496. The lowest BCUT2D eigenvalue weighted by molar-refractivity contribution is 0.222. The molecule has 1 aromatic carbocycles. The Kier molecular flexibility index (Phi) is 3.73. The number of hydrogen-bond acceptors (Lipinski definition) is 3. The van der Waals surface area contributed by atoms with Gasteiger partial charge in [-0.1, -0.05) is 23.7 Å². The molecule has 4 nitrogen and oxygen atoms in total. The van der Waals surface area contributed by atoms with E-state index in [-0.39, 0.29) is 9.92 Å². The van der Waals surface area contributed by atoms with E-state index in [1.54, 1.807) is 24.3 Å². The van der Waals surface area contributed by atoms with Gasteiger partial charge in [0.25, 0.3) is 0 Å². The van der Waals surface area contributed by atoms with Crippen molar-refractivity contribution in [3.8, 4) is 0 Å². The van der Waals surface area contributed by atoms with E-state index in [0.717, 1.165) is 13.1 Å². The average Bonchev–Trinajstić information content (AvgIpc) is 2.30. The normalized spacial score (nSPS) is 19.4. The molecular weight excluding hydrogens is 260 g/mol. The summed E-state index contributed by atoms with van der Waals surface area (Å²) in [4.78, 5) is 2.31. The summed E-state index contributed by atoms with van der Waals surface area (Å²) in [6, 6.07) is 6.57. The average molecular weight is 275 g/mol.